The lowest BCUT2D eigenvalue weighted by Gasteiger charge is -2.21. The van der Waals surface area contributed by atoms with Crippen LogP contribution in [0.1, 0.15) is 91.9 Å². The van der Waals surface area contributed by atoms with Gasteiger partial charge in [-0.25, -0.2) is 4.79 Å². The monoisotopic (exact) mass is 334 g/mol. The highest BCUT2D eigenvalue weighted by Gasteiger charge is 2.14. The van der Waals surface area contributed by atoms with Crippen LogP contribution in [0.5, 0.6) is 0 Å². The average Bonchev–Trinajstić information content (AvgIpc) is 2.58. The zero-order valence-electron chi connectivity index (χ0n) is 16.4. The first-order valence-electron chi connectivity index (χ1n) is 10.2. The fourth-order valence-electron chi connectivity index (χ4n) is 3.75. The lowest BCUT2D eigenvalue weighted by molar-refractivity contribution is -0.137. The van der Waals surface area contributed by atoms with E-state index in [-0.39, 0.29) is 5.97 Å². The zero-order chi connectivity index (χ0) is 17.8. The molecule has 0 radical (unpaired) electrons. The normalized spacial score (nSPS) is 17.9. The molecule has 0 N–H and O–H groups in total. The van der Waals surface area contributed by atoms with Crippen LogP contribution in [0.4, 0.5) is 0 Å². The summed E-state index contributed by atoms with van der Waals surface area (Å²) in [5.74, 6) is 1.52. The maximum absolute atomic E-state index is 11.6. The molecule has 0 amide bonds. The Labute approximate surface area is 149 Å². The first-order valence-corrected chi connectivity index (χ1v) is 10.2. The largest absolute Gasteiger partial charge is 0.463 e. The van der Waals surface area contributed by atoms with E-state index in [1.807, 2.05) is 6.92 Å². The van der Waals surface area contributed by atoms with E-state index < -0.39 is 0 Å². The van der Waals surface area contributed by atoms with Gasteiger partial charge < -0.3 is 4.74 Å². The maximum Gasteiger partial charge on any atom is 0.331 e. The van der Waals surface area contributed by atoms with Crippen LogP contribution in [0, 0.1) is 11.8 Å². The number of carbonyl (C=O) groups excluding carboxylic acids is 1. The molecule has 1 aliphatic carbocycles. The minimum absolute atomic E-state index is 0.192. The molecule has 0 aromatic rings. The van der Waals surface area contributed by atoms with Crippen LogP contribution >= 0.6 is 0 Å². The molecule has 0 fully saturated rings. The van der Waals surface area contributed by atoms with Gasteiger partial charge in [0.05, 0.1) is 6.61 Å². The number of esters is 1. The molecule has 0 aromatic carbocycles. The molecule has 1 rings (SSSR count). The van der Waals surface area contributed by atoms with Crippen molar-refractivity contribution in [3.8, 4) is 0 Å². The topological polar surface area (TPSA) is 26.3 Å². The van der Waals surface area contributed by atoms with Crippen molar-refractivity contribution in [2.24, 2.45) is 11.8 Å². The van der Waals surface area contributed by atoms with E-state index in [9.17, 15) is 4.79 Å². The molecule has 138 valence electrons. The van der Waals surface area contributed by atoms with Crippen molar-refractivity contribution in [3.63, 3.8) is 0 Å². The quantitative estimate of drug-likeness (QED) is 0.314. The fourth-order valence-corrected chi connectivity index (χ4v) is 3.75. The van der Waals surface area contributed by atoms with Crippen molar-refractivity contribution in [3.05, 3.63) is 23.3 Å². The van der Waals surface area contributed by atoms with Gasteiger partial charge in [0.15, 0.2) is 0 Å². The third kappa shape index (κ3) is 8.17. The Bertz CT molecular complexity index is 416. The summed E-state index contributed by atoms with van der Waals surface area (Å²) in [6.07, 6.45) is 16.5. The van der Waals surface area contributed by atoms with Gasteiger partial charge in [-0.1, -0.05) is 70.9 Å². The van der Waals surface area contributed by atoms with Crippen molar-refractivity contribution in [1.29, 1.82) is 0 Å². The second kappa shape index (κ2) is 12.3. The minimum Gasteiger partial charge on any atom is -0.463 e. The van der Waals surface area contributed by atoms with E-state index in [4.69, 9.17) is 4.74 Å². The summed E-state index contributed by atoms with van der Waals surface area (Å²) in [4.78, 5) is 11.6. The van der Waals surface area contributed by atoms with Gasteiger partial charge in [0.25, 0.3) is 0 Å². The van der Waals surface area contributed by atoms with Gasteiger partial charge in [-0.05, 0) is 50.0 Å². The third-order valence-corrected chi connectivity index (χ3v) is 5.45. The molecule has 0 bridgehead atoms. The number of hydrogen-bond acceptors (Lipinski definition) is 2. The SMILES string of the molecule is CCOC(=O)C=C1C=C(CC(CC)CCCC(CC)CC)CCC1. The molecule has 1 aliphatic rings. The average molecular weight is 335 g/mol. The van der Waals surface area contributed by atoms with Crippen LogP contribution in [0.25, 0.3) is 0 Å². The Morgan fingerprint density at radius 2 is 1.75 bits per heavy atom. The molecular formula is C22H38O2. The maximum atomic E-state index is 11.6. The predicted octanol–water partition coefficient (Wildman–Crippen LogP) is 6.61. The molecule has 0 saturated heterocycles. The first kappa shape index (κ1) is 21.0. The highest BCUT2D eigenvalue weighted by Crippen LogP contribution is 2.30. The van der Waals surface area contributed by atoms with Crippen molar-refractivity contribution in [2.75, 3.05) is 6.61 Å². The minimum atomic E-state index is -0.192. The summed E-state index contributed by atoms with van der Waals surface area (Å²) in [5, 5.41) is 0. The van der Waals surface area contributed by atoms with Crippen LogP contribution in [0.3, 0.4) is 0 Å². The molecule has 0 aliphatic heterocycles. The smallest absolute Gasteiger partial charge is 0.331 e. The number of carbonyl (C=O) groups is 1. The summed E-state index contributed by atoms with van der Waals surface area (Å²) in [7, 11) is 0. The predicted molar refractivity (Wildman–Crippen MR) is 103 cm³/mol. The molecule has 0 aromatic heterocycles. The van der Waals surface area contributed by atoms with Crippen molar-refractivity contribution >= 4 is 5.97 Å². The van der Waals surface area contributed by atoms with Crippen molar-refractivity contribution < 1.29 is 9.53 Å². The molecule has 1 atom stereocenters. The molecule has 0 heterocycles. The van der Waals surface area contributed by atoms with Gasteiger partial charge in [0, 0.05) is 6.08 Å². The molecule has 2 nitrogen and oxygen atoms in total. The summed E-state index contributed by atoms with van der Waals surface area (Å²) in [5.41, 5.74) is 2.69. The summed E-state index contributed by atoms with van der Waals surface area (Å²) >= 11 is 0. The van der Waals surface area contributed by atoms with Gasteiger partial charge in [0.2, 0.25) is 0 Å². The summed E-state index contributed by atoms with van der Waals surface area (Å²) in [6.45, 7) is 9.26. The Hall–Kier alpha value is -1.05. The molecule has 0 spiro atoms. The van der Waals surface area contributed by atoms with Gasteiger partial charge in [-0.15, -0.1) is 0 Å². The Balaban J connectivity index is 2.51. The molecule has 2 heteroatoms. The number of hydrogen-bond donors (Lipinski definition) is 0. The molecule has 1 unspecified atom stereocenters. The van der Waals surface area contributed by atoms with Crippen molar-refractivity contribution in [1.82, 2.24) is 0 Å². The van der Waals surface area contributed by atoms with Crippen LogP contribution in [0.15, 0.2) is 23.3 Å². The third-order valence-electron chi connectivity index (χ3n) is 5.45. The van der Waals surface area contributed by atoms with Crippen LogP contribution in [0.2, 0.25) is 0 Å². The molecule has 0 saturated carbocycles. The fraction of sp³-hybridized carbons (Fsp3) is 0.773. The van der Waals surface area contributed by atoms with E-state index in [1.54, 1.807) is 6.08 Å². The zero-order valence-corrected chi connectivity index (χ0v) is 16.4. The van der Waals surface area contributed by atoms with Crippen LogP contribution in [-0.2, 0) is 9.53 Å². The van der Waals surface area contributed by atoms with Crippen molar-refractivity contribution in [2.45, 2.75) is 91.9 Å². The highest BCUT2D eigenvalue weighted by molar-refractivity contribution is 5.83. The Morgan fingerprint density at radius 1 is 1.08 bits per heavy atom. The van der Waals surface area contributed by atoms with E-state index in [1.165, 1.54) is 63.4 Å². The van der Waals surface area contributed by atoms with Gasteiger partial charge in [-0.2, -0.15) is 0 Å². The van der Waals surface area contributed by atoms with Crippen LogP contribution in [-0.4, -0.2) is 12.6 Å². The van der Waals surface area contributed by atoms with Crippen LogP contribution < -0.4 is 0 Å². The summed E-state index contributed by atoms with van der Waals surface area (Å²) < 4.78 is 5.03. The van der Waals surface area contributed by atoms with Gasteiger partial charge in [-0.3, -0.25) is 0 Å². The van der Waals surface area contributed by atoms with Gasteiger partial charge in [0.1, 0.15) is 0 Å². The lowest BCUT2D eigenvalue weighted by atomic mass is 9.84. The Morgan fingerprint density at radius 3 is 2.38 bits per heavy atom. The van der Waals surface area contributed by atoms with E-state index >= 15 is 0 Å². The van der Waals surface area contributed by atoms with E-state index in [0.29, 0.717) is 6.61 Å². The van der Waals surface area contributed by atoms with Gasteiger partial charge >= 0.3 is 5.97 Å². The summed E-state index contributed by atoms with van der Waals surface area (Å²) in [6, 6.07) is 0. The second-order valence-electron chi connectivity index (χ2n) is 7.22. The van der Waals surface area contributed by atoms with E-state index in [2.05, 4.69) is 26.8 Å². The number of allylic oxidation sites excluding steroid dienone is 3. The molecular weight excluding hydrogens is 296 g/mol. The highest BCUT2D eigenvalue weighted by atomic mass is 16.5. The standard InChI is InChI=1S/C22H38O2/c1-5-18(6-2)11-9-12-19(7-3)15-20-13-10-14-21(16-20)17-22(23)24-8-4/h16-19H,5-15H2,1-4H3. The Kier molecular flexibility index (Phi) is 10.8. The first-order chi connectivity index (χ1) is 11.6. The lowest BCUT2D eigenvalue weighted by Crippen LogP contribution is -2.07. The molecule has 24 heavy (non-hydrogen) atoms. The number of rotatable bonds is 11. The number of ether oxygens (including phenoxy) is 1. The van der Waals surface area contributed by atoms with E-state index in [0.717, 1.165) is 23.8 Å². The second-order valence-corrected chi connectivity index (χ2v) is 7.22.